The standard InChI is InChI=1S/C42H47FN2O2/c43-40-9-5-4-8-37(40)32-18-22-44(23-19-32)28-30-27-42(47-29-30)20-24-45(25-21-42)35-13-10-33(11-14-35)41-38(31-6-2-1-3-7-31)16-12-34-26-36(46)15-17-39(34)41/h1-11,13-15,17,26,30,32,38,41,46H,12,16,18-25,27-29H2. The first-order valence-corrected chi connectivity index (χ1v) is 17.9. The van der Waals surface area contributed by atoms with Crippen molar-refractivity contribution >= 4 is 5.69 Å². The molecule has 0 radical (unpaired) electrons. The molecule has 1 N–H and O–H groups in total. The number of phenolic OH excluding ortho intramolecular Hbond substituents is 1. The molecule has 3 saturated heterocycles. The first-order valence-electron chi connectivity index (χ1n) is 17.9. The van der Waals surface area contributed by atoms with Crippen LogP contribution in [0.4, 0.5) is 10.1 Å². The van der Waals surface area contributed by atoms with Crippen molar-refractivity contribution in [3.05, 3.63) is 131 Å². The van der Waals surface area contributed by atoms with Crippen molar-refractivity contribution in [1.29, 1.82) is 0 Å². The van der Waals surface area contributed by atoms with E-state index in [1.807, 2.05) is 24.3 Å². The number of anilines is 1. The number of aromatic hydroxyl groups is 1. The van der Waals surface area contributed by atoms with E-state index in [9.17, 15) is 9.50 Å². The average Bonchev–Trinajstić information content (AvgIpc) is 3.50. The smallest absolute Gasteiger partial charge is 0.126 e. The van der Waals surface area contributed by atoms with Crippen LogP contribution in [0.25, 0.3) is 0 Å². The molecule has 47 heavy (non-hydrogen) atoms. The van der Waals surface area contributed by atoms with E-state index in [4.69, 9.17) is 4.74 Å². The molecule has 3 aliphatic heterocycles. The normalized spacial score (nSPS) is 24.8. The van der Waals surface area contributed by atoms with Crippen molar-refractivity contribution in [3.63, 3.8) is 0 Å². The van der Waals surface area contributed by atoms with Gasteiger partial charge in [-0.3, -0.25) is 0 Å². The number of likely N-dealkylation sites (tertiary alicyclic amines) is 1. The highest BCUT2D eigenvalue weighted by molar-refractivity contribution is 5.53. The van der Waals surface area contributed by atoms with Gasteiger partial charge >= 0.3 is 0 Å². The molecule has 4 nitrogen and oxygen atoms in total. The highest BCUT2D eigenvalue weighted by Crippen LogP contribution is 2.47. The summed E-state index contributed by atoms with van der Waals surface area (Å²) < 4.78 is 20.9. The predicted molar refractivity (Wildman–Crippen MR) is 187 cm³/mol. The number of ether oxygens (including phenoxy) is 1. The minimum Gasteiger partial charge on any atom is -0.508 e. The van der Waals surface area contributed by atoms with E-state index in [1.165, 1.54) is 27.9 Å². The Morgan fingerprint density at radius 2 is 1.51 bits per heavy atom. The molecule has 0 saturated carbocycles. The van der Waals surface area contributed by atoms with Gasteiger partial charge in [0.2, 0.25) is 0 Å². The molecule has 3 atom stereocenters. The summed E-state index contributed by atoms with van der Waals surface area (Å²) in [6.45, 7) is 6.12. The Morgan fingerprint density at radius 1 is 0.766 bits per heavy atom. The molecule has 8 rings (SSSR count). The quantitative estimate of drug-likeness (QED) is 0.231. The van der Waals surface area contributed by atoms with Crippen molar-refractivity contribution in [3.8, 4) is 5.75 Å². The highest BCUT2D eigenvalue weighted by atomic mass is 19.1. The fourth-order valence-electron chi connectivity index (χ4n) is 9.34. The number of phenols is 1. The van der Waals surface area contributed by atoms with E-state index in [0.29, 0.717) is 23.5 Å². The number of hydrogen-bond donors (Lipinski definition) is 1. The number of hydrogen-bond acceptors (Lipinski definition) is 4. The summed E-state index contributed by atoms with van der Waals surface area (Å²) in [5, 5.41) is 10.2. The first kappa shape index (κ1) is 30.7. The number of piperidine rings is 2. The summed E-state index contributed by atoms with van der Waals surface area (Å²) in [7, 11) is 0. The van der Waals surface area contributed by atoms with Gasteiger partial charge in [-0.15, -0.1) is 0 Å². The van der Waals surface area contributed by atoms with E-state index in [-0.39, 0.29) is 17.3 Å². The van der Waals surface area contributed by atoms with Gasteiger partial charge in [-0.2, -0.15) is 0 Å². The molecule has 0 bridgehead atoms. The molecule has 3 heterocycles. The summed E-state index contributed by atoms with van der Waals surface area (Å²) in [6.07, 6.45) is 7.46. The van der Waals surface area contributed by atoms with E-state index in [0.717, 1.165) is 89.8 Å². The predicted octanol–water partition coefficient (Wildman–Crippen LogP) is 8.65. The van der Waals surface area contributed by atoms with Gasteiger partial charge in [0.25, 0.3) is 0 Å². The van der Waals surface area contributed by atoms with Crippen molar-refractivity contribution in [2.45, 2.75) is 68.3 Å². The van der Waals surface area contributed by atoms with Crippen LogP contribution in [-0.4, -0.2) is 54.9 Å². The summed E-state index contributed by atoms with van der Waals surface area (Å²) >= 11 is 0. The zero-order valence-electron chi connectivity index (χ0n) is 27.4. The number of fused-ring (bicyclic) bond motifs is 1. The van der Waals surface area contributed by atoms with Crippen LogP contribution in [0.2, 0.25) is 0 Å². The number of nitrogens with zero attached hydrogens (tertiary/aromatic N) is 2. The molecular weight excluding hydrogens is 583 g/mol. The van der Waals surface area contributed by atoms with Gasteiger partial charge in [0, 0.05) is 31.2 Å². The van der Waals surface area contributed by atoms with Gasteiger partial charge in [0.05, 0.1) is 12.2 Å². The second-order valence-corrected chi connectivity index (χ2v) is 14.7. The van der Waals surface area contributed by atoms with Crippen LogP contribution in [0.15, 0.2) is 97.1 Å². The lowest BCUT2D eigenvalue weighted by Gasteiger charge is -2.40. The summed E-state index contributed by atoms with van der Waals surface area (Å²) in [4.78, 5) is 5.14. The number of halogens is 1. The third-order valence-electron chi connectivity index (χ3n) is 11.8. The molecule has 0 amide bonds. The van der Waals surface area contributed by atoms with Crippen LogP contribution in [0.1, 0.15) is 84.1 Å². The van der Waals surface area contributed by atoms with Crippen molar-refractivity contribution in [1.82, 2.24) is 4.90 Å². The molecular formula is C42H47FN2O2. The Balaban J connectivity index is 0.884. The molecule has 4 aromatic carbocycles. The highest BCUT2D eigenvalue weighted by Gasteiger charge is 2.43. The van der Waals surface area contributed by atoms with E-state index in [2.05, 4.69) is 70.5 Å². The zero-order valence-corrected chi connectivity index (χ0v) is 27.4. The minimum atomic E-state index is -0.0482. The maximum absolute atomic E-state index is 14.3. The lowest BCUT2D eigenvalue weighted by Crippen LogP contribution is -2.44. The molecule has 5 heteroatoms. The van der Waals surface area contributed by atoms with Crippen LogP contribution in [0, 0.1) is 11.7 Å². The maximum Gasteiger partial charge on any atom is 0.126 e. The van der Waals surface area contributed by atoms with Crippen molar-refractivity contribution in [2.24, 2.45) is 5.92 Å². The van der Waals surface area contributed by atoms with E-state index >= 15 is 0 Å². The zero-order chi connectivity index (χ0) is 31.8. The molecule has 244 valence electrons. The number of rotatable bonds is 6. The Labute approximate surface area is 279 Å². The fourth-order valence-corrected chi connectivity index (χ4v) is 9.34. The summed E-state index contributed by atoms with van der Waals surface area (Å²) in [6, 6.07) is 33.6. The van der Waals surface area contributed by atoms with Gasteiger partial charge < -0.3 is 19.6 Å². The molecule has 4 aromatic rings. The second kappa shape index (κ2) is 13.1. The van der Waals surface area contributed by atoms with Crippen LogP contribution in [0.3, 0.4) is 0 Å². The van der Waals surface area contributed by atoms with E-state index in [1.54, 1.807) is 12.1 Å². The van der Waals surface area contributed by atoms with Gasteiger partial charge in [0.15, 0.2) is 0 Å². The molecule has 3 unspecified atom stereocenters. The second-order valence-electron chi connectivity index (χ2n) is 14.7. The lowest BCUT2D eigenvalue weighted by atomic mass is 9.69. The topological polar surface area (TPSA) is 35.9 Å². The lowest BCUT2D eigenvalue weighted by molar-refractivity contribution is -0.0155. The Morgan fingerprint density at radius 3 is 2.28 bits per heavy atom. The Kier molecular flexibility index (Phi) is 8.53. The SMILES string of the molecule is Oc1ccc2c(c1)CCC(c1ccccc1)C2c1ccc(N2CCC3(CC2)CC(CN2CCC(c4ccccc4F)CC2)CO3)cc1. The molecule has 1 aliphatic carbocycles. The van der Waals surface area contributed by atoms with Crippen LogP contribution >= 0.6 is 0 Å². The maximum atomic E-state index is 14.3. The average molecular weight is 631 g/mol. The third kappa shape index (κ3) is 6.33. The Hall–Kier alpha value is -3.67. The van der Waals surface area contributed by atoms with Gasteiger partial charge in [-0.05, 0) is 134 Å². The molecule has 1 spiro atoms. The van der Waals surface area contributed by atoms with Crippen molar-refractivity contribution in [2.75, 3.05) is 44.2 Å². The fraction of sp³-hybridized carbons (Fsp3) is 0.429. The van der Waals surface area contributed by atoms with E-state index < -0.39 is 0 Å². The number of benzene rings is 4. The van der Waals surface area contributed by atoms with Gasteiger partial charge in [0.1, 0.15) is 11.6 Å². The third-order valence-corrected chi connectivity index (χ3v) is 11.8. The van der Waals surface area contributed by atoms with Crippen LogP contribution < -0.4 is 4.90 Å². The monoisotopic (exact) mass is 630 g/mol. The van der Waals surface area contributed by atoms with Crippen molar-refractivity contribution < 1.29 is 14.2 Å². The van der Waals surface area contributed by atoms with Gasteiger partial charge in [-0.25, -0.2) is 4.39 Å². The number of aryl methyl sites for hydroxylation is 1. The van der Waals surface area contributed by atoms with Gasteiger partial charge in [-0.1, -0.05) is 66.7 Å². The minimum absolute atomic E-state index is 0.0207. The largest absolute Gasteiger partial charge is 0.508 e. The molecule has 4 aliphatic rings. The van der Waals surface area contributed by atoms with Crippen LogP contribution in [0.5, 0.6) is 5.75 Å². The van der Waals surface area contributed by atoms with Crippen LogP contribution in [-0.2, 0) is 11.2 Å². The molecule has 3 fully saturated rings. The first-order chi connectivity index (χ1) is 23.0. The summed E-state index contributed by atoms with van der Waals surface area (Å²) in [5.41, 5.74) is 7.58. The Bertz CT molecular complexity index is 1660. The summed E-state index contributed by atoms with van der Waals surface area (Å²) in [5.74, 6) is 1.93. The molecule has 0 aromatic heterocycles.